The maximum Gasteiger partial charge on any atom is 0.185 e. The number of hydrogen-bond donors (Lipinski definition) is 0. The van der Waals surface area contributed by atoms with Gasteiger partial charge in [0.1, 0.15) is 26.4 Å². The van der Waals surface area contributed by atoms with Crippen molar-refractivity contribution in [2.24, 2.45) is 0 Å². The van der Waals surface area contributed by atoms with Crippen LogP contribution >= 0.6 is 0 Å². The van der Waals surface area contributed by atoms with Gasteiger partial charge < -0.3 is 18.9 Å². The predicted molar refractivity (Wildman–Crippen MR) is 211 cm³/mol. The van der Waals surface area contributed by atoms with Crippen LogP contribution in [0.3, 0.4) is 0 Å². The molecule has 0 heterocycles. The minimum atomic E-state index is 0.0190. The molecule has 6 aromatic rings. The zero-order valence-corrected chi connectivity index (χ0v) is 29.7. The fourth-order valence-corrected chi connectivity index (χ4v) is 6.31. The fourth-order valence-electron chi connectivity index (χ4n) is 6.31. The number of para-hydroxylation sites is 2. The smallest absolute Gasteiger partial charge is 0.185 e. The van der Waals surface area contributed by atoms with Crippen molar-refractivity contribution in [3.8, 4) is 23.0 Å². The maximum atomic E-state index is 14.2. The molecule has 1 fully saturated rings. The summed E-state index contributed by atoms with van der Waals surface area (Å²) in [5.41, 5.74) is 7.28. The Bertz CT molecular complexity index is 2000. The van der Waals surface area contributed by atoms with E-state index in [1.165, 1.54) is 0 Å². The average Bonchev–Trinajstić information content (AvgIpc) is 3.21. The molecule has 5 nitrogen and oxygen atoms in total. The average molecular weight is 699 g/mol. The van der Waals surface area contributed by atoms with Gasteiger partial charge in [-0.25, -0.2) is 0 Å². The minimum Gasteiger partial charge on any atom is -0.485 e. The zero-order valence-electron chi connectivity index (χ0n) is 29.7. The number of allylic oxidation sites excluding steroid dienone is 2. The number of ether oxygens (including phenoxy) is 4. The molecule has 0 N–H and O–H groups in total. The second kappa shape index (κ2) is 17.7. The minimum absolute atomic E-state index is 0.0190. The summed E-state index contributed by atoms with van der Waals surface area (Å²) < 4.78 is 25.6. The molecule has 0 aromatic heterocycles. The molecule has 1 aliphatic rings. The molecule has 0 spiro atoms. The first kappa shape index (κ1) is 35.1. The van der Waals surface area contributed by atoms with Crippen LogP contribution in [0, 0.1) is 0 Å². The number of ketones is 1. The molecule has 6 aromatic carbocycles. The number of benzene rings is 6. The fraction of sp³-hybridized carbons (Fsp3) is 0.146. The van der Waals surface area contributed by atoms with Gasteiger partial charge in [-0.2, -0.15) is 0 Å². The summed E-state index contributed by atoms with van der Waals surface area (Å²) in [4.78, 5) is 14.2. The first-order chi connectivity index (χ1) is 26.2. The third kappa shape index (κ3) is 9.52. The second-order valence-corrected chi connectivity index (χ2v) is 13.0. The molecule has 1 aliphatic carbocycles. The number of carbonyl (C=O) groups excluding carboxylic acids is 1. The van der Waals surface area contributed by atoms with Gasteiger partial charge in [-0.15, -0.1) is 0 Å². The summed E-state index contributed by atoms with van der Waals surface area (Å²) in [6.07, 6.45) is 6.12. The van der Waals surface area contributed by atoms with Crippen molar-refractivity contribution < 1.29 is 23.7 Å². The lowest BCUT2D eigenvalue weighted by Gasteiger charge is -2.20. The van der Waals surface area contributed by atoms with Gasteiger partial charge >= 0.3 is 0 Å². The van der Waals surface area contributed by atoms with Crippen LogP contribution < -0.4 is 18.9 Å². The Hall–Kier alpha value is -6.33. The van der Waals surface area contributed by atoms with Gasteiger partial charge in [-0.1, -0.05) is 146 Å². The van der Waals surface area contributed by atoms with E-state index in [1.54, 1.807) is 0 Å². The normalized spacial score (nSPS) is 14.2. The summed E-state index contributed by atoms with van der Waals surface area (Å²) in [5, 5.41) is 0. The second-order valence-electron chi connectivity index (χ2n) is 13.0. The summed E-state index contributed by atoms with van der Waals surface area (Å²) in [7, 11) is 0. The molecule has 7 rings (SSSR count). The molecule has 53 heavy (non-hydrogen) atoms. The van der Waals surface area contributed by atoms with E-state index in [9.17, 15) is 4.79 Å². The van der Waals surface area contributed by atoms with Gasteiger partial charge in [0.2, 0.25) is 0 Å². The lowest BCUT2D eigenvalue weighted by molar-refractivity contribution is -0.112. The van der Waals surface area contributed by atoms with Crippen LogP contribution in [-0.4, -0.2) is 5.78 Å². The Labute approximate surface area is 311 Å². The van der Waals surface area contributed by atoms with Crippen LogP contribution in [0.15, 0.2) is 169 Å². The molecule has 1 saturated carbocycles. The van der Waals surface area contributed by atoms with Crippen molar-refractivity contribution in [3.05, 3.63) is 202 Å². The lowest BCUT2D eigenvalue weighted by Crippen LogP contribution is -2.12. The Kier molecular flexibility index (Phi) is 11.7. The summed E-state index contributed by atoms with van der Waals surface area (Å²) in [5.74, 6) is 2.51. The van der Waals surface area contributed by atoms with Crippen LogP contribution in [-0.2, 0) is 31.2 Å². The lowest BCUT2D eigenvalue weighted by atomic mass is 9.86. The van der Waals surface area contributed by atoms with Crippen LogP contribution in [0.25, 0.3) is 12.2 Å². The summed E-state index contributed by atoms with van der Waals surface area (Å²) >= 11 is 0. The topological polar surface area (TPSA) is 54.0 Å². The predicted octanol–water partition coefficient (Wildman–Crippen LogP) is 11.2. The molecular formula is C48H42O5. The molecule has 0 aliphatic heterocycles. The first-order valence-corrected chi connectivity index (χ1v) is 18.1. The number of Topliss-reactive ketones (excluding diaryl/α,β-unsaturated/α-hetero) is 1. The Morgan fingerprint density at radius 3 is 1.09 bits per heavy atom. The highest BCUT2D eigenvalue weighted by molar-refractivity contribution is 6.14. The van der Waals surface area contributed by atoms with Crippen LogP contribution in [0.5, 0.6) is 23.0 Å². The molecule has 0 unspecified atom stereocenters. The largest absolute Gasteiger partial charge is 0.485 e. The molecule has 0 saturated heterocycles. The molecular weight excluding hydrogens is 657 g/mol. The van der Waals surface area contributed by atoms with Crippen molar-refractivity contribution in [1.29, 1.82) is 0 Å². The van der Waals surface area contributed by atoms with E-state index in [4.69, 9.17) is 18.9 Å². The highest BCUT2D eigenvalue weighted by atomic mass is 16.5. The third-order valence-corrected chi connectivity index (χ3v) is 9.08. The van der Waals surface area contributed by atoms with E-state index < -0.39 is 0 Å². The highest BCUT2D eigenvalue weighted by Crippen LogP contribution is 2.39. The van der Waals surface area contributed by atoms with Crippen molar-refractivity contribution in [2.45, 2.75) is 45.7 Å². The third-order valence-electron chi connectivity index (χ3n) is 9.08. The van der Waals surface area contributed by atoms with E-state index >= 15 is 0 Å². The quantitative estimate of drug-likeness (QED) is 0.106. The Morgan fingerprint density at radius 1 is 0.396 bits per heavy atom. The SMILES string of the molecule is O=C1C(=Cc2cccc(OCc3ccccc3)c2OCc2ccccc2)CCCC1=Cc1cccc(OCc2ccccc2)c1OCc1ccccc1. The van der Waals surface area contributed by atoms with Crippen molar-refractivity contribution >= 4 is 17.9 Å². The molecule has 0 bridgehead atoms. The molecule has 264 valence electrons. The monoisotopic (exact) mass is 698 g/mol. The van der Waals surface area contributed by atoms with E-state index in [-0.39, 0.29) is 5.78 Å². The van der Waals surface area contributed by atoms with Crippen molar-refractivity contribution in [3.63, 3.8) is 0 Å². The van der Waals surface area contributed by atoms with Crippen molar-refractivity contribution in [1.82, 2.24) is 0 Å². The van der Waals surface area contributed by atoms with Gasteiger partial charge in [0.05, 0.1) is 0 Å². The molecule has 0 atom stereocenters. The number of rotatable bonds is 14. The van der Waals surface area contributed by atoms with Crippen molar-refractivity contribution in [2.75, 3.05) is 0 Å². The van der Waals surface area contributed by atoms with Crippen LogP contribution in [0.1, 0.15) is 52.6 Å². The molecule has 5 heteroatoms. The maximum absolute atomic E-state index is 14.2. The summed E-state index contributed by atoms with van der Waals surface area (Å²) in [6.45, 7) is 1.54. The van der Waals surface area contributed by atoms with E-state index in [0.29, 0.717) is 62.3 Å². The Morgan fingerprint density at radius 2 is 0.736 bits per heavy atom. The van der Waals surface area contributed by atoms with Gasteiger partial charge in [0.15, 0.2) is 28.8 Å². The zero-order chi connectivity index (χ0) is 36.1. The van der Waals surface area contributed by atoms with Gasteiger partial charge in [-0.3, -0.25) is 4.79 Å². The first-order valence-electron chi connectivity index (χ1n) is 18.1. The highest BCUT2D eigenvalue weighted by Gasteiger charge is 2.23. The molecule has 0 amide bonds. The Balaban J connectivity index is 1.18. The van der Waals surface area contributed by atoms with Gasteiger partial charge in [0.25, 0.3) is 0 Å². The number of carbonyl (C=O) groups is 1. The standard InChI is InChI=1S/C48H42O5/c49-46-40(30-42-26-14-28-44(50-32-36-16-5-1-6-17-36)47(42)52-34-38-20-9-3-10-21-38)24-13-25-41(46)31-43-27-15-29-45(51-33-37-18-7-2-8-19-37)48(43)53-35-39-22-11-4-12-23-39/h1-12,14-23,26-31H,13,24-25,32-35H2. The van der Waals surface area contributed by atoms with E-state index in [0.717, 1.165) is 50.9 Å². The van der Waals surface area contributed by atoms with Crippen LogP contribution in [0.2, 0.25) is 0 Å². The van der Waals surface area contributed by atoms with Gasteiger partial charge in [-0.05, 0) is 65.8 Å². The van der Waals surface area contributed by atoms with Gasteiger partial charge in [0, 0.05) is 22.3 Å². The summed E-state index contributed by atoms with van der Waals surface area (Å²) in [6, 6.07) is 51.9. The van der Waals surface area contributed by atoms with E-state index in [2.05, 4.69) is 0 Å². The van der Waals surface area contributed by atoms with E-state index in [1.807, 2.05) is 170 Å². The number of hydrogen-bond acceptors (Lipinski definition) is 5. The molecule has 0 radical (unpaired) electrons. The van der Waals surface area contributed by atoms with Crippen LogP contribution in [0.4, 0.5) is 0 Å².